The molecule has 0 spiro atoms. The van der Waals surface area contributed by atoms with Crippen molar-refractivity contribution in [2.75, 3.05) is 20.8 Å². The second-order valence-electron chi connectivity index (χ2n) is 4.93. The van der Waals surface area contributed by atoms with E-state index in [2.05, 4.69) is 10.5 Å². The SMILES string of the molecule is C[O][Ti]([CH3])([CH2]CCNC1CCCCC1)[O]C. The second kappa shape index (κ2) is 7.83. The zero-order chi connectivity index (χ0) is 11.9. The van der Waals surface area contributed by atoms with Crippen LogP contribution >= 0.6 is 0 Å². The Balaban J connectivity index is 2.06. The molecule has 0 unspecified atom stereocenters. The molecule has 0 bridgehead atoms. The molecule has 1 aliphatic rings. The first-order chi connectivity index (χ1) is 7.70. The van der Waals surface area contributed by atoms with E-state index >= 15 is 0 Å². The van der Waals surface area contributed by atoms with Crippen LogP contribution in [-0.2, 0) is 24.0 Å². The van der Waals surface area contributed by atoms with Gasteiger partial charge < -0.3 is 0 Å². The van der Waals surface area contributed by atoms with Crippen LogP contribution in [0.2, 0.25) is 9.95 Å². The van der Waals surface area contributed by atoms with Gasteiger partial charge in [-0.2, -0.15) is 0 Å². The Morgan fingerprint density at radius 3 is 2.31 bits per heavy atom. The first-order valence-electron chi connectivity index (χ1n) is 6.54. The molecule has 1 rings (SSSR count). The van der Waals surface area contributed by atoms with Gasteiger partial charge in [-0.25, -0.2) is 0 Å². The molecular weight excluding hydrogens is 238 g/mol. The summed E-state index contributed by atoms with van der Waals surface area (Å²) in [6, 6.07) is 0.776. The van der Waals surface area contributed by atoms with Gasteiger partial charge in [-0.15, -0.1) is 0 Å². The fraction of sp³-hybridized carbons (Fsp3) is 1.00. The first-order valence-corrected chi connectivity index (χ1v) is 10.5. The number of rotatable bonds is 7. The summed E-state index contributed by atoms with van der Waals surface area (Å²) in [7, 11) is 3.58. The molecule has 1 aliphatic carbocycles. The molecular formula is C12H27NO2Ti. The molecule has 0 radical (unpaired) electrons. The van der Waals surface area contributed by atoms with Gasteiger partial charge in [-0.1, -0.05) is 0 Å². The number of hydrogen-bond acceptors (Lipinski definition) is 3. The van der Waals surface area contributed by atoms with Crippen molar-refractivity contribution in [1.82, 2.24) is 5.32 Å². The van der Waals surface area contributed by atoms with Gasteiger partial charge >= 0.3 is 105 Å². The summed E-state index contributed by atoms with van der Waals surface area (Å²) >= 11 is -2.32. The maximum atomic E-state index is 5.52. The molecule has 0 aliphatic heterocycles. The van der Waals surface area contributed by atoms with E-state index in [0.29, 0.717) is 0 Å². The van der Waals surface area contributed by atoms with Crippen LogP contribution < -0.4 is 5.32 Å². The molecule has 4 heteroatoms. The van der Waals surface area contributed by atoms with Gasteiger partial charge in [0.2, 0.25) is 0 Å². The van der Waals surface area contributed by atoms with E-state index in [1.54, 1.807) is 14.2 Å². The van der Waals surface area contributed by atoms with E-state index < -0.39 is 17.4 Å². The zero-order valence-corrected chi connectivity index (χ0v) is 12.6. The van der Waals surface area contributed by atoms with E-state index in [4.69, 9.17) is 6.64 Å². The minimum absolute atomic E-state index is 0.776. The third kappa shape index (κ3) is 5.28. The van der Waals surface area contributed by atoms with Gasteiger partial charge in [-0.3, -0.25) is 0 Å². The number of nitrogens with one attached hydrogen (secondary N) is 1. The molecule has 0 saturated heterocycles. The van der Waals surface area contributed by atoms with Gasteiger partial charge in [-0.05, 0) is 0 Å². The Morgan fingerprint density at radius 1 is 1.12 bits per heavy atom. The Bertz CT molecular complexity index is 180. The van der Waals surface area contributed by atoms with Crippen LogP contribution in [0.1, 0.15) is 38.5 Å². The summed E-state index contributed by atoms with van der Waals surface area (Å²) in [5.41, 5.74) is 0. The van der Waals surface area contributed by atoms with Crippen molar-refractivity contribution >= 4 is 0 Å². The third-order valence-corrected chi connectivity index (χ3v) is 8.38. The van der Waals surface area contributed by atoms with Crippen LogP contribution in [0.4, 0.5) is 0 Å². The summed E-state index contributed by atoms with van der Waals surface area (Å²) in [6.45, 7) is 1.12. The molecule has 96 valence electrons. The van der Waals surface area contributed by atoms with Crippen molar-refractivity contribution in [3.05, 3.63) is 0 Å². The third-order valence-electron chi connectivity index (χ3n) is 3.71. The Labute approximate surface area is 105 Å². The van der Waals surface area contributed by atoms with Crippen molar-refractivity contribution in [2.24, 2.45) is 0 Å². The summed E-state index contributed by atoms with van der Waals surface area (Å²) in [4.78, 5) is 0. The Morgan fingerprint density at radius 2 is 1.75 bits per heavy atom. The van der Waals surface area contributed by atoms with E-state index in [-0.39, 0.29) is 0 Å². The average Bonchev–Trinajstić information content (AvgIpc) is 2.36. The predicted octanol–water partition coefficient (Wildman–Crippen LogP) is 3.04. The molecule has 0 atom stereocenters. The Hall–Kier alpha value is 0.594. The molecule has 3 nitrogen and oxygen atoms in total. The van der Waals surface area contributed by atoms with Gasteiger partial charge in [0.25, 0.3) is 0 Å². The molecule has 1 fully saturated rings. The molecule has 16 heavy (non-hydrogen) atoms. The van der Waals surface area contributed by atoms with Gasteiger partial charge in [0.15, 0.2) is 0 Å². The van der Waals surface area contributed by atoms with Crippen molar-refractivity contribution in [1.29, 1.82) is 0 Å². The van der Waals surface area contributed by atoms with Crippen molar-refractivity contribution in [2.45, 2.75) is 54.5 Å². The van der Waals surface area contributed by atoms with Crippen LogP contribution in [0.3, 0.4) is 0 Å². The quantitative estimate of drug-likeness (QED) is 0.567. The fourth-order valence-electron chi connectivity index (χ4n) is 2.31. The Kier molecular flexibility index (Phi) is 7.17. The molecule has 0 aromatic carbocycles. The van der Waals surface area contributed by atoms with E-state index in [1.807, 2.05) is 0 Å². The van der Waals surface area contributed by atoms with Crippen molar-refractivity contribution in [3.63, 3.8) is 0 Å². The van der Waals surface area contributed by atoms with Gasteiger partial charge in [0, 0.05) is 0 Å². The van der Waals surface area contributed by atoms with Gasteiger partial charge in [0.1, 0.15) is 0 Å². The summed E-state index contributed by atoms with van der Waals surface area (Å²) in [5, 5.41) is 5.84. The maximum absolute atomic E-state index is 5.52. The van der Waals surface area contributed by atoms with Crippen LogP contribution in [0.15, 0.2) is 0 Å². The first kappa shape index (κ1) is 14.7. The van der Waals surface area contributed by atoms with E-state index in [1.165, 1.54) is 38.5 Å². The standard InChI is InChI=1S/C9H18N.2CH3O.CH3.Ti/c1-2-8-10-9-6-4-3-5-7-9;2*1-2;;/h9-10H,1-8H2;2*1H3;1H3;/q;2*-1;;+2. The average molecular weight is 265 g/mol. The molecule has 0 amide bonds. The molecule has 0 aromatic rings. The molecule has 0 heterocycles. The molecule has 1 saturated carbocycles. The summed E-state index contributed by atoms with van der Waals surface area (Å²) < 4.78 is 12.2. The van der Waals surface area contributed by atoms with Crippen LogP contribution in [0.25, 0.3) is 0 Å². The number of hydrogen-bond donors (Lipinski definition) is 1. The summed E-state index contributed by atoms with van der Waals surface area (Å²) in [6.07, 6.45) is 8.17. The van der Waals surface area contributed by atoms with Crippen molar-refractivity contribution in [3.8, 4) is 0 Å². The molecule has 1 N–H and O–H groups in total. The van der Waals surface area contributed by atoms with E-state index in [0.717, 1.165) is 17.3 Å². The van der Waals surface area contributed by atoms with Crippen LogP contribution in [-0.4, -0.2) is 26.8 Å². The molecule has 0 aromatic heterocycles. The summed E-state index contributed by atoms with van der Waals surface area (Å²) in [5.74, 6) is 0. The normalized spacial score (nSPS) is 18.9. The zero-order valence-electron chi connectivity index (χ0n) is 11.1. The van der Waals surface area contributed by atoms with Crippen LogP contribution in [0.5, 0.6) is 0 Å². The van der Waals surface area contributed by atoms with Gasteiger partial charge in [0.05, 0.1) is 0 Å². The topological polar surface area (TPSA) is 30.5 Å². The van der Waals surface area contributed by atoms with Crippen molar-refractivity contribution < 1.29 is 24.0 Å². The van der Waals surface area contributed by atoms with E-state index in [9.17, 15) is 0 Å². The predicted molar refractivity (Wildman–Crippen MR) is 64.2 cm³/mol. The minimum atomic E-state index is -2.32. The second-order valence-corrected chi connectivity index (χ2v) is 10.5. The fourth-order valence-corrected chi connectivity index (χ4v) is 4.49. The monoisotopic (exact) mass is 265 g/mol. The van der Waals surface area contributed by atoms with Crippen LogP contribution in [0, 0.1) is 0 Å².